The third kappa shape index (κ3) is 5.67. The molecular weight excluding hydrogens is 290 g/mol. The van der Waals surface area contributed by atoms with Crippen LogP contribution in [0.15, 0.2) is 30.3 Å². The van der Waals surface area contributed by atoms with Crippen molar-refractivity contribution in [1.29, 1.82) is 0 Å². The fourth-order valence-corrected chi connectivity index (χ4v) is 2.95. The van der Waals surface area contributed by atoms with Crippen LogP contribution in [0.5, 0.6) is 0 Å². The van der Waals surface area contributed by atoms with Crippen molar-refractivity contribution in [3.8, 4) is 0 Å². The maximum Gasteiger partial charge on any atom is 0.224 e. The molecule has 1 atom stereocenters. The first-order valence-electron chi connectivity index (χ1n) is 8.51. The van der Waals surface area contributed by atoms with Crippen LogP contribution in [0.4, 0.5) is 0 Å². The summed E-state index contributed by atoms with van der Waals surface area (Å²) in [5.41, 5.74) is 0.987. The second kappa shape index (κ2) is 9.30. The molecule has 5 nitrogen and oxygen atoms in total. The highest BCUT2D eigenvalue weighted by molar-refractivity contribution is 5.80. The normalized spacial score (nSPS) is 17.0. The van der Waals surface area contributed by atoms with E-state index in [-0.39, 0.29) is 11.8 Å². The lowest BCUT2D eigenvalue weighted by Gasteiger charge is -2.28. The van der Waals surface area contributed by atoms with E-state index in [1.54, 1.807) is 0 Å². The molecule has 0 aliphatic carbocycles. The topological polar surface area (TPSA) is 61.4 Å². The second-order valence-electron chi connectivity index (χ2n) is 6.00. The van der Waals surface area contributed by atoms with E-state index in [9.17, 15) is 9.59 Å². The van der Waals surface area contributed by atoms with Gasteiger partial charge in [0, 0.05) is 32.1 Å². The Labute approximate surface area is 138 Å². The second-order valence-corrected chi connectivity index (χ2v) is 6.00. The van der Waals surface area contributed by atoms with Crippen molar-refractivity contribution in [2.24, 2.45) is 0 Å². The Morgan fingerprint density at radius 1 is 1.30 bits per heavy atom. The van der Waals surface area contributed by atoms with Crippen LogP contribution in [-0.2, 0) is 16.0 Å². The number of carbonyl (C=O) groups excluding carboxylic acids is 2. The largest absolute Gasteiger partial charge is 0.355 e. The van der Waals surface area contributed by atoms with E-state index in [0.29, 0.717) is 25.4 Å². The molecule has 1 unspecified atom stereocenters. The molecule has 5 heteroatoms. The Bertz CT molecular complexity index is 498. The van der Waals surface area contributed by atoms with Gasteiger partial charge < -0.3 is 15.5 Å². The van der Waals surface area contributed by atoms with Gasteiger partial charge >= 0.3 is 0 Å². The summed E-state index contributed by atoms with van der Waals surface area (Å²) in [6.45, 7) is 5.15. The first kappa shape index (κ1) is 17.5. The van der Waals surface area contributed by atoms with E-state index in [1.807, 2.05) is 35.2 Å². The van der Waals surface area contributed by atoms with Gasteiger partial charge in [0.15, 0.2) is 0 Å². The highest BCUT2D eigenvalue weighted by atomic mass is 16.2. The van der Waals surface area contributed by atoms with Gasteiger partial charge in [-0.25, -0.2) is 0 Å². The molecule has 126 valence electrons. The molecule has 1 fully saturated rings. The van der Waals surface area contributed by atoms with Crippen molar-refractivity contribution in [3.05, 3.63) is 35.9 Å². The number of carbonyl (C=O) groups is 2. The average molecular weight is 317 g/mol. The number of benzene rings is 1. The minimum Gasteiger partial charge on any atom is -0.355 e. The molecule has 1 aromatic rings. The van der Waals surface area contributed by atoms with Crippen molar-refractivity contribution < 1.29 is 9.59 Å². The first-order valence-corrected chi connectivity index (χ1v) is 8.51. The summed E-state index contributed by atoms with van der Waals surface area (Å²) in [6, 6.07) is 9.94. The van der Waals surface area contributed by atoms with E-state index in [1.165, 1.54) is 0 Å². The van der Waals surface area contributed by atoms with Crippen LogP contribution in [0.3, 0.4) is 0 Å². The van der Waals surface area contributed by atoms with Gasteiger partial charge in [-0.1, -0.05) is 37.3 Å². The predicted octanol–water partition coefficient (Wildman–Crippen LogP) is 1.34. The average Bonchev–Trinajstić information content (AvgIpc) is 3.07. The van der Waals surface area contributed by atoms with Gasteiger partial charge in [-0.15, -0.1) is 0 Å². The number of hydrogen-bond donors (Lipinski definition) is 2. The SMILES string of the molecule is CCCN(C(=O)CCNC(=O)Cc1ccccc1)C1CCNC1. The van der Waals surface area contributed by atoms with Gasteiger partial charge in [0.25, 0.3) is 0 Å². The molecule has 0 aromatic heterocycles. The summed E-state index contributed by atoms with van der Waals surface area (Å²) in [4.78, 5) is 26.3. The molecule has 1 aliphatic heterocycles. The van der Waals surface area contributed by atoms with Crippen LogP contribution in [-0.4, -0.2) is 48.9 Å². The lowest BCUT2D eigenvalue weighted by molar-refractivity contribution is -0.133. The van der Waals surface area contributed by atoms with Gasteiger partial charge in [0.05, 0.1) is 6.42 Å². The molecule has 2 rings (SSSR count). The first-order chi connectivity index (χ1) is 11.2. The fourth-order valence-electron chi connectivity index (χ4n) is 2.95. The molecule has 2 N–H and O–H groups in total. The van der Waals surface area contributed by atoms with E-state index in [0.717, 1.165) is 38.0 Å². The summed E-state index contributed by atoms with van der Waals surface area (Å²) < 4.78 is 0. The Kier molecular flexibility index (Phi) is 7.07. The monoisotopic (exact) mass is 317 g/mol. The summed E-state index contributed by atoms with van der Waals surface area (Å²) in [7, 11) is 0. The maximum absolute atomic E-state index is 12.4. The van der Waals surface area contributed by atoms with Gasteiger partial charge in [-0.05, 0) is 24.9 Å². The predicted molar refractivity (Wildman–Crippen MR) is 91.1 cm³/mol. The fraction of sp³-hybridized carbons (Fsp3) is 0.556. The minimum atomic E-state index is -0.0337. The van der Waals surface area contributed by atoms with Crippen LogP contribution >= 0.6 is 0 Å². The number of nitrogens with one attached hydrogen (secondary N) is 2. The van der Waals surface area contributed by atoms with Crippen LogP contribution in [0.2, 0.25) is 0 Å². The highest BCUT2D eigenvalue weighted by Gasteiger charge is 2.25. The number of amides is 2. The highest BCUT2D eigenvalue weighted by Crippen LogP contribution is 2.10. The minimum absolute atomic E-state index is 0.0337. The third-order valence-electron chi connectivity index (χ3n) is 4.13. The molecule has 1 aliphatic rings. The molecule has 0 spiro atoms. The van der Waals surface area contributed by atoms with E-state index < -0.39 is 0 Å². The van der Waals surface area contributed by atoms with Crippen molar-refractivity contribution in [2.75, 3.05) is 26.2 Å². The van der Waals surface area contributed by atoms with Crippen molar-refractivity contribution >= 4 is 11.8 Å². The van der Waals surface area contributed by atoms with Crippen LogP contribution in [0.25, 0.3) is 0 Å². The zero-order valence-electron chi connectivity index (χ0n) is 13.9. The molecule has 1 saturated heterocycles. The standard InChI is InChI=1S/C18H27N3O2/c1-2-12-21(16-8-10-19-14-16)18(23)9-11-20-17(22)13-15-6-4-3-5-7-15/h3-7,16,19H,2,8-14H2,1H3,(H,20,22). The van der Waals surface area contributed by atoms with Crippen LogP contribution in [0.1, 0.15) is 31.7 Å². The Balaban J connectivity index is 1.73. The zero-order chi connectivity index (χ0) is 16.5. The van der Waals surface area contributed by atoms with Crippen LogP contribution < -0.4 is 10.6 Å². The summed E-state index contributed by atoms with van der Waals surface area (Å²) >= 11 is 0. The van der Waals surface area contributed by atoms with Gasteiger partial charge in [0.1, 0.15) is 0 Å². The molecular formula is C18H27N3O2. The Morgan fingerprint density at radius 3 is 2.74 bits per heavy atom. The van der Waals surface area contributed by atoms with Gasteiger partial charge in [-0.2, -0.15) is 0 Å². The van der Waals surface area contributed by atoms with E-state index >= 15 is 0 Å². The van der Waals surface area contributed by atoms with Crippen molar-refractivity contribution in [1.82, 2.24) is 15.5 Å². The van der Waals surface area contributed by atoms with Crippen LogP contribution in [0, 0.1) is 0 Å². The Morgan fingerprint density at radius 2 is 2.09 bits per heavy atom. The number of nitrogens with zero attached hydrogens (tertiary/aromatic N) is 1. The molecule has 1 aromatic carbocycles. The van der Waals surface area contributed by atoms with Crippen molar-refractivity contribution in [3.63, 3.8) is 0 Å². The summed E-state index contributed by atoms with van der Waals surface area (Å²) in [6.07, 6.45) is 2.71. The molecule has 23 heavy (non-hydrogen) atoms. The molecule has 1 heterocycles. The molecule has 0 bridgehead atoms. The smallest absolute Gasteiger partial charge is 0.224 e. The number of hydrogen-bond acceptors (Lipinski definition) is 3. The van der Waals surface area contributed by atoms with Gasteiger partial charge in [-0.3, -0.25) is 9.59 Å². The third-order valence-corrected chi connectivity index (χ3v) is 4.13. The zero-order valence-corrected chi connectivity index (χ0v) is 13.9. The molecule has 0 saturated carbocycles. The summed E-state index contributed by atoms with van der Waals surface area (Å²) in [5.74, 6) is 0.106. The quantitative estimate of drug-likeness (QED) is 0.760. The molecule has 2 amide bonds. The lowest BCUT2D eigenvalue weighted by atomic mass is 10.1. The number of rotatable bonds is 8. The molecule has 0 radical (unpaired) electrons. The lowest BCUT2D eigenvalue weighted by Crippen LogP contribution is -2.43. The Hall–Kier alpha value is -1.88. The van der Waals surface area contributed by atoms with E-state index in [2.05, 4.69) is 17.6 Å². The van der Waals surface area contributed by atoms with E-state index in [4.69, 9.17) is 0 Å². The van der Waals surface area contributed by atoms with Gasteiger partial charge in [0.2, 0.25) is 11.8 Å². The summed E-state index contributed by atoms with van der Waals surface area (Å²) in [5, 5.41) is 6.15. The van der Waals surface area contributed by atoms with Crippen molar-refractivity contribution in [2.45, 2.75) is 38.6 Å². The maximum atomic E-state index is 12.4.